The lowest BCUT2D eigenvalue weighted by molar-refractivity contribution is -0.140. The third kappa shape index (κ3) is 2.15. The van der Waals surface area contributed by atoms with Crippen LogP contribution in [0.15, 0.2) is 15.8 Å². The molecular formula is C9H12N2O4. The molecule has 1 atom stereocenters. The molecule has 0 bridgehead atoms. The van der Waals surface area contributed by atoms with Crippen molar-refractivity contribution in [1.29, 1.82) is 0 Å². The summed E-state index contributed by atoms with van der Waals surface area (Å²) in [6.07, 6.45) is 1.74. The fraction of sp³-hybridized carbons (Fsp3) is 0.444. The summed E-state index contributed by atoms with van der Waals surface area (Å²) in [5.74, 6) is -1.12. The minimum atomic E-state index is -1.12. The molecule has 0 aliphatic carbocycles. The van der Waals surface area contributed by atoms with Crippen molar-refractivity contribution in [3.8, 4) is 0 Å². The van der Waals surface area contributed by atoms with E-state index in [-0.39, 0.29) is 0 Å². The first-order chi connectivity index (χ1) is 6.97. The lowest BCUT2D eigenvalue weighted by Crippen LogP contribution is -2.35. The third-order valence-electron chi connectivity index (χ3n) is 2.20. The molecule has 0 aromatic carbocycles. The van der Waals surface area contributed by atoms with Crippen LogP contribution in [-0.2, 0) is 11.2 Å². The monoisotopic (exact) mass is 212 g/mol. The second-order valence-electron chi connectivity index (χ2n) is 3.19. The molecule has 0 aliphatic rings. The van der Waals surface area contributed by atoms with Gasteiger partial charge in [-0.15, -0.1) is 0 Å². The Bertz CT molecular complexity index is 486. The van der Waals surface area contributed by atoms with E-state index in [1.807, 2.05) is 0 Å². The van der Waals surface area contributed by atoms with Crippen LogP contribution in [0.1, 0.15) is 25.5 Å². The van der Waals surface area contributed by atoms with Gasteiger partial charge in [-0.3, -0.25) is 14.3 Å². The molecule has 6 nitrogen and oxygen atoms in total. The molecule has 1 aromatic rings. The quantitative estimate of drug-likeness (QED) is 0.722. The van der Waals surface area contributed by atoms with Crippen molar-refractivity contribution in [2.75, 3.05) is 0 Å². The Hall–Kier alpha value is -1.85. The third-order valence-corrected chi connectivity index (χ3v) is 2.20. The van der Waals surface area contributed by atoms with E-state index in [9.17, 15) is 14.4 Å². The van der Waals surface area contributed by atoms with Crippen molar-refractivity contribution in [2.45, 2.75) is 26.3 Å². The van der Waals surface area contributed by atoms with Gasteiger partial charge in [0.25, 0.3) is 5.56 Å². The molecule has 1 heterocycles. The number of aryl methyl sites for hydroxylation is 1. The van der Waals surface area contributed by atoms with Gasteiger partial charge in [-0.05, 0) is 13.3 Å². The van der Waals surface area contributed by atoms with Gasteiger partial charge in [0.1, 0.15) is 6.04 Å². The van der Waals surface area contributed by atoms with Gasteiger partial charge in [0.05, 0.1) is 0 Å². The summed E-state index contributed by atoms with van der Waals surface area (Å²) in [6.45, 7) is 3.13. The molecule has 0 saturated carbocycles. The smallest absolute Gasteiger partial charge is 0.329 e. The van der Waals surface area contributed by atoms with Crippen molar-refractivity contribution in [3.63, 3.8) is 0 Å². The number of hydrogen-bond donors (Lipinski definition) is 2. The van der Waals surface area contributed by atoms with E-state index in [1.165, 1.54) is 13.1 Å². The molecule has 0 spiro atoms. The number of aliphatic carboxylic acids is 1. The van der Waals surface area contributed by atoms with E-state index in [2.05, 4.69) is 4.98 Å². The molecule has 82 valence electrons. The highest BCUT2D eigenvalue weighted by Gasteiger charge is 2.15. The van der Waals surface area contributed by atoms with Crippen LogP contribution in [0.3, 0.4) is 0 Å². The van der Waals surface area contributed by atoms with Crippen LogP contribution >= 0.6 is 0 Å². The van der Waals surface area contributed by atoms with Gasteiger partial charge in [-0.2, -0.15) is 0 Å². The summed E-state index contributed by atoms with van der Waals surface area (Å²) in [5, 5.41) is 8.74. The predicted octanol–water partition coefficient (Wildman–Crippen LogP) is -0.255. The van der Waals surface area contributed by atoms with Crippen LogP contribution in [0.4, 0.5) is 0 Å². The molecule has 1 rings (SSSR count). The number of carboxylic acid groups (broad SMARTS) is 1. The highest BCUT2D eigenvalue weighted by molar-refractivity contribution is 5.71. The molecule has 15 heavy (non-hydrogen) atoms. The summed E-state index contributed by atoms with van der Waals surface area (Å²) < 4.78 is 1.00. The second-order valence-corrected chi connectivity index (χ2v) is 3.19. The van der Waals surface area contributed by atoms with Crippen LogP contribution in [-0.4, -0.2) is 20.6 Å². The molecule has 0 saturated heterocycles. The molecule has 0 unspecified atom stereocenters. The molecular weight excluding hydrogens is 200 g/mol. The van der Waals surface area contributed by atoms with E-state index in [0.717, 1.165) is 4.57 Å². The number of carbonyl (C=O) groups is 1. The molecule has 2 N–H and O–H groups in total. The van der Waals surface area contributed by atoms with Crippen molar-refractivity contribution >= 4 is 5.97 Å². The highest BCUT2D eigenvalue weighted by Crippen LogP contribution is 2.01. The normalized spacial score (nSPS) is 12.4. The maximum absolute atomic E-state index is 11.3. The fourth-order valence-electron chi connectivity index (χ4n) is 1.19. The molecule has 6 heteroatoms. The van der Waals surface area contributed by atoms with Gasteiger partial charge in [-0.1, -0.05) is 6.92 Å². The van der Waals surface area contributed by atoms with Crippen molar-refractivity contribution in [1.82, 2.24) is 9.55 Å². The molecule has 1 aromatic heterocycles. The van der Waals surface area contributed by atoms with Gasteiger partial charge in [-0.25, -0.2) is 9.59 Å². The maximum Gasteiger partial charge on any atom is 0.329 e. The van der Waals surface area contributed by atoms with E-state index in [4.69, 9.17) is 5.11 Å². The Kier molecular flexibility index (Phi) is 3.08. The van der Waals surface area contributed by atoms with E-state index in [1.54, 1.807) is 6.92 Å². The fourth-order valence-corrected chi connectivity index (χ4v) is 1.19. The van der Waals surface area contributed by atoms with Gasteiger partial charge in [0, 0.05) is 11.8 Å². The van der Waals surface area contributed by atoms with Crippen molar-refractivity contribution in [3.05, 3.63) is 32.6 Å². The van der Waals surface area contributed by atoms with Crippen LogP contribution in [0, 0.1) is 0 Å². The number of carboxylic acids is 1. The van der Waals surface area contributed by atoms with Crippen molar-refractivity contribution in [2.24, 2.45) is 0 Å². The van der Waals surface area contributed by atoms with E-state index >= 15 is 0 Å². The zero-order valence-electron chi connectivity index (χ0n) is 8.48. The molecule has 0 amide bonds. The van der Waals surface area contributed by atoms with Gasteiger partial charge >= 0.3 is 11.7 Å². The summed E-state index contributed by atoms with van der Waals surface area (Å²) >= 11 is 0. The number of nitrogens with one attached hydrogen (secondary N) is 1. The first-order valence-electron chi connectivity index (χ1n) is 4.54. The van der Waals surface area contributed by atoms with Gasteiger partial charge in [0.2, 0.25) is 0 Å². The largest absolute Gasteiger partial charge is 0.480 e. The maximum atomic E-state index is 11.3. The molecule has 0 aliphatic heterocycles. The highest BCUT2D eigenvalue weighted by atomic mass is 16.4. The Morgan fingerprint density at radius 2 is 2.20 bits per heavy atom. The minimum Gasteiger partial charge on any atom is -0.480 e. The first-order valence-corrected chi connectivity index (χ1v) is 4.54. The Morgan fingerprint density at radius 1 is 1.60 bits per heavy atom. The van der Waals surface area contributed by atoms with Crippen LogP contribution in [0.2, 0.25) is 0 Å². The summed E-state index contributed by atoms with van der Waals surface area (Å²) in [5.41, 5.74) is -0.772. The summed E-state index contributed by atoms with van der Waals surface area (Å²) in [7, 11) is 0. The number of hydrogen-bond acceptors (Lipinski definition) is 3. The Balaban J connectivity index is 3.37. The number of aromatic amines is 1. The Morgan fingerprint density at radius 3 is 2.67 bits per heavy atom. The zero-order valence-corrected chi connectivity index (χ0v) is 8.48. The average Bonchev–Trinajstić information content (AvgIpc) is 2.17. The van der Waals surface area contributed by atoms with Gasteiger partial charge in [0.15, 0.2) is 0 Å². The van der Waals surface area contributed by atoms with Crippen LogP contribution < -0.4 is 11.2 Å². The molecule has 0 fully saturated rings. The number of aromatic nitrogens is 2. The van der Waals surface area contributed by atoms with E-state index < -0.39 is 23.3 Å². The van der Waals surface area contributed by atoms with Gasteiger partial charge < -0.3 is 5.11 Å². The summed E-state index contributed by atoms with van der Waals surface area (Å²) in [6, 6.07) is -0.986. The number of H-pyrrole nitrogens is 1. The predicted molar refractivity (Wildman–Crippen MR) is 53.0 cm³/mol. The standard InChI is InChI=1S/C9H12N2O4/c1-3-6-4-11(5(2)8(13)14)9(15)10-7(6)12/h4-5H,3H2,1-2H3,(H,13,14)(H,10,12,15)/t5-/m0/s1. The summed E-state index contributed by atoms with van der Waals surface area (Å²) in [4.78, 5) is 35.3. The number of rotatable bonds is 3. The Labute approximate surface area is 85.2 Å². The minimum absolute atomic E-state index is 0.391. The van der Waals surface area contributed by atoms with Crippen LogP contribution in [0.5, 0.6) is 0 Å². The second kappa shape index (κ2) is 4.12. The van der Waals surface area contributed by atoms with Crippen molar-refractivity contribution < 1.29 is 9.90 Å². The van der Waals surface area contributed by atoms with Crippen LogP contribution in [0.25, 0.3) is 0 Å². The average molecular weight is 212 g/mol. The van der Waals surface area contributed by atoms with E-state index in [0.29, 0.717) is 12.0 Å². The SMILES string of the molecule is CCc1cn([C@@H](C)C(=O)O)c(=O)[nH]c1=O. The topological polar surface area (TPSA) is 92.2 Å². The lowest BCUT2D eigenvalue weighted by atomic mass is 10.2. The first kappa shape index (κ1) is 11.2. The molecule has 0 radical (unpaired) electrons. The zero-order chi connectivity index (χ0) is 11.6. The lowest BCUT2D eigenvalue weighted by Gasteiger charge is -2.10. The number of nitrogens with zero attached hydrogens (tertiary/aromatic N) is 1.